The number of nitrogens with one attached hydrogen (secondary N) is 1. The smallest absolute Gasteiger partial charge is 0.338 e. The van der Waals surface area contributed by atoms with Crippen LogP contribution in [0.15, 0.2) is 47.3 Å². The van der Waals surface area contributed by atoms with Crippen molar-refractivity contribution in [3.63, 3.8) is 0 Å². The zero-order valence-electron chi connectivity index (χ0n) is 16.5. The van der Waals surface area contributed by atoms with Gasteiger partial charge in [0.2, 0.25) is 0 Å². The quantitative estimate of drug-likeness (QED) is 0.379. The van der Waals surface area contributed by atoms with Gasteiger partial charge in [0.25, 0.3) is 17.2 Å². The molecule has 0 saturated heterocycles. The van der Waals surface area contributed by atoms with Crippen molar-refractivity contribution in [1.29, 1.82) is 0 Å². The Hall–Kier alpha value is -4.08. The number of hydrogen-bond acceptors (Lipinski definition) is 7. The highest BCUT2D eigenvalue weighted by atomic mass is 16.6. The Labute approximate surface area is 175 Å². The first-order chi connectivity index (χ1) is 14.8. The Bertz CT molecular complexity index is 1280. The topological polar surface area (TPSA) is 133 Å². The molecule has 10 nitrogen and oxygen atoms in total. The van der Waals surface area contributed by atoms with Crippen molar-refractivity contribution in [1.82, 2.24) is 9.55 Å². The number of non-ortho nitro benzene ring substituents is 1. The first-order valence-corrected chi connectivity index (χ1v) is 9.63. The van der Waals surface area contributed by atoms with Crippen molar-refractivity contribution in [3.05, 3.63) is 74.3 Å². The average molecular weight is 422 g/mol. The van der Waals surface area contributed by atoms with Crippen molar-refractivity contribution in [2.24, 2.45) is 0 Å². The Morgan fingerprint density at radius 3 is 2.84 bits per heavy atom. The lowest BCUT2D eigenvalue weighted by Gasteiger charge is -2.14. The molecule has 4 rings (SSSR count). The van der Waals surface area contributed by atoms with Crippen molar-refractivity contribution in [3.8, 4) is 0 Å². The van der Waals surface area contributed by atoms with Gasteiger partial charge in [-0.25, -0.2) is 9.78 Å². The number of benzene rings is 2. The molecule has 0 fully saturated rings. The third kappa shape index (κ3) is 4.00. The summed E-state index contributed by atoms with van der Waals surface area (Å²) in [6, 6.07) is 9.90. The van der Waals surface area contributed by atoms with Crippen LogP contribution in [0.2, 0.25) is 0 Å². The second kappa shape index (κ2) is 7.98. The Morgan fingerprint density at radius 2 is 2.06 bits per heavy atom. The second-order valence-electron chi connectivity index (χ2n) is 7.16. The molecule has 1 amide bonds. The molecule has 1 aliphatic rings. The number of esters is 1. The lowest BCUT2D eigenvalue weighted by atomic mass is 10.1. The summed E-state index contributed by atoms with van der Waals surface area (Å²) in [4.78, 5) is 52.1. The molecule has 0 unspecified atom stereocenters. The molecule has 31 heavy (non-hydrogen) atoms. The number of aromatic nitrogens is 2. The Balaban J connectivity index is 1.48. The summed E-state index contributed by atoms with van der Waals surface area (Å²) < 4.78 is 6.86. The zero-order chi connectivity index (χ0) is 22.1. The maximum atomic E-state index is 12.5. The van der Waals surface area contributed by atoms with E-state index in [0.29, 0.717) is 29.7 Å². The molecule has 2 heterocycles. The number of fused-ring (bicyclic) bond motifs is 2. The van der Waals surface area contributed by atoms with Crippen LogP contribution in [-0.4, -0.2) is 32.5 Å². The van der Waals surface area contributed by atoms with E-state index in [9.17, 15) is 24.5 Å². The summed E-state index contributed by atoms with van der Waals surface area (Å²) in [5, 5.41) is 13.7. The van der Waals surface area contributed by atoms with E-state index >= 15 is 0 Å². The fourth-order valence-corrected chi connectivity index (χ4v) is 3.43. The number of anilines is 1. The van der Waals surface area contributed by atoms with Gasteiger partial charge in [-0.3, -0.25) is 24.3 Å². The lowest BCUT2D eigenvalue weighted by molar-refractivity contribution is -0.384. The van der Waals surface area contributed by atoms with E-state index in [-0.39, 0.29) is 22.5 Å². The van der Waals surface area contributed by atoms with E-state index in [2.05, 4.69) is 10.3 Å². The van der Waals surface area contributed by atoms with E-state index in [1.807, 2.05) is 0 Å². The molecule has 0 aliphatic carbocycles. The van der Waals surface area contributed by atoms with Gasteiger partial charge in [0.1, 0.15) is 5.82 Å². The van der Waals surface area contributed by atoms with Gasteiger partial charge >= 0.3 is 5.97 Å². The highest BCUT2D eigenvalue weighted by Gasteiger charge is 2.21. The van der Waals surface area contributed by atoms with Crippen LogP contribution in [0.3, 0.4) is 0 Å². The van der Waals surface area contributed by atoms with Crippen molar-refractivity contribution < 1.29 is 19.2 Å². The number of carbonyl (C=O) groups excluding carboxylic acids is 2. The highest BCUT2D eigenvalue weighted by molar-refractivity contribution is 5.98. The molecule has 2 aromatic carbocycles. The van der Waals surface area contributed by atoms with Crippen LogP contribution in [0, 0.1) is 10.1 Å². The van der Waals surface area contributed by atoms with Gasteiger partial charge < -0.3 is 10.1 Å². The number of nitro groups is 1. The highest BCUT2D eigenvalue weighted by Crippen LogP contribution is 2.19. The number of nitro benzene ring substituents is 1. The van der Waals surface area contributed by atoms with Gasteiger partial charge in [-0.2, -0.15) is 0 Å². The molecule has 1 N–H and O–H groups in total. The predicted octanol–water partition coefficient (Wildman–Crippen LogP) is 2.43. The van der Waals surface area contributed by atoms with E-state index in [1.54, 1.807) is 4.57 Å². The minimum absolute atomic E-state index is 0.137. The Kier molecular flexibility index (Phi) is 5.20. The first-order valence-electron chi connectivity index (χ1n) is 9.63. The van der Waals surface area contributed by atoms with Crippen LogP contribution in [0.1, 0.15) is 29.5 Å². The van der Waals surface area contributed by atoms with Crippen LogP contribution < -0.4 is 10.9 Å². The fraction of sp³-hybridized carbons (Fsp3) is 0.238. The summed E-state index contributed by atoms with van der Waals surface area (Å²) in [6.07, 6.45) is 0.403. The van der Waals surface area contributed by atoms with Crippen molar-refractivity contribution in [2.45, 2.75) is 32.4 Å². The van der Waals surface area contributed by atoms with Gasteiger partial charge in [0.05, 0.1) is 21.4 Å². The summed E-state index contributed by atoms with van der Waals surface area (Å²) in [5.41, 5.74) is 0.473. The van der Waals surface area contributed by atoms with Crippen LogP contribution in [-0.2, 0) is 22.5 Å². The number of amides is 1. The van der Waals surface area contributed by atoms with Gasteiger partial charge in [0, 0.05) is 30.8 Å². The van der Waals surface area contributed by atoms with Crippen LogP contribution in [0.25, 0.3) is 10.9 Å². The van der Waals surface area contributed by atoms with Gasteiger partial charge in [-0.05, 0) is 37.6 Å². The molecular weight excluding hydrogens is 404 g/mol. The maximum Gasteiger partial charge on any atom is 0.338 e. The maximum absolute atomic E-state index is 12.5. The third-order valence-electron chi connectivity index (χ3n) is 5.03. The number of nitrogens with zero attached hydrogens (tertiary/aromatic N) is 3. The number of aryl methyl sites for hydroxylation is 1. The van der Waals surface area contributed by atoms with Gasteiger partial charge in [-0.15, -0.1) is 0 Å². The van der Waals surface area contributed by atoms with Crippen LogP contribution in [0.5, 0.6) is 0 Å². The molecule has 0 radical (unpaired) electrons. The molecule has 0 saturated carbocycles. The number of ether oxygens (including phenoxy) is 1. The standard InChI is InChI=1S/C21H18N4O6/c1-12(19(26)22-14-4-2-5-15(11-14)25(29)30)31-21(28)13-7-8-16-17(10-13)23-18-6-3-9-24(18)20(16)27/h2,4-5,7-8,10-12H,3,6,9H2,1H3,(H,22,26)/t12-/m0/s1. The second-order valence-corrected chi connectivity index (χ2v) is 7.16. The minimum atomic E-state index is -1.15. The third-order valence-corrected chi connectivity index (χ3v) is 5.03. The Morgan fingerprint density at radius 1 is 1.26 bits per heavy atom. The number of hydrogen-bond donors (Lipinski definition) is 1. The lowest BCUT2D eigenvalue weighted by Crippen LogP contribution is -2.30. The first kappa shape index (κ1) is 20.2. The molecule has 3 aromatic rings. The normalized spacial score (nSPS) is 13.5. The molecular formula is C21H18N4O6. The van der Waals surface area contributed by atoms with Gasteiger partial charge in [0.15, 0.2) is 6.10 Å². The largest absolute Gasteiger partial charge is 0.449 e. The molecule has 10 heteroatoms. The molecule has 1 aliphatic heterocycles. The van der Waals surface area contributed by atoms with Crippen molar-refractivity contribution >= 4 is 34.2 Å². The minimum Gasteiger partial charge on any atom is -0.449 e. The van der Waals surface area contributed by atoms with E-state index in [0.717, 1.165) is 6.42 Å². The van der Waals surface area contributed by atoms with Gasteiger partial charge in [-0.1, -0.05) is 6.07 Å². The van der Waals surface area contributed by atoms with E-state index < -0.39 is 22.9 Å². The molecule has 1 aromatic heterocycles. The predicted molar refractivity (Wildman–Crippen MR) is 111 cm³/mol. The summed E-state index contributed by atoms with van der Waals surface area (Å²) >= 11 is 0. The summed E-state index contributed by atoms with van der Waals surface area (Å²) in [5.74, 6) is -0.692. The van der Waals surface area contributed by atoms with E-state index in [4.69, 9.17) is 4.74 Å². The summed E-state index contributed by atoms with van der Waals surface area (Å²) in [7, 11) is 0. The van der Waals surface area contributed by atoms with Crippen molar-refractivity contribution in [2.75, 3.05) is 5.32 Å². The summed E-state index contributed by atoms with van der Waals surface area (Å²) in [6.45, 7) is 2.03. The fourth-order valence-electron chi connectivity index (χ4n) is 3.43. The van der Waals surface area contributed by atoms with E-state index in [1.165, 1.54) is 49.4 Å². The molecule has 1 atom stereocenters. The van der Waals surface area contributed by atoms with Crippen LogP contribution >= 0.6 is 0 Å². The monoisotopic (exact) mass is 422 g/mol. The molecule has 0 spiro atoms. The molecule has 158 valence electrons. The zero-order valence-corrected chi connectivity index (χ0v) is 16.5. The number of rotatable bonds is 5. The van der Waals surface area contributed by atoms with Crippen LogP contribution in [0.4, 0.5) is 11.4 Å². The number of carbonyl (C=O) groups is 2. The molecule has 0 bridgehead atoms. The SMILES string of the molecule is C[C@H](OC(=O)c1ccc2c(=O)n3c(nc2c1)CCC3)C(=O)Nc1cccc([N+](=O)[O-])c1. The average Bonchev–Trinajstić information content (AvgIpc) is 3.22.